The number of aliphatic hydroxyl groups is 1. The van der Waals surface area contributed by atoms with Crippen LogP contribution in [0.1, 0.15) is 57.4 Å². The van der Waals surface area contributed by atoms with Gasteiger partial charge in [-0.2, -0.15) is 0 Å². The first-order chi connectivity index (χ1) is 13.6. The van der Waals surface area contributed by atoms with Crippen molar-refractivity contribution in [2.24, 2.45) is 0 Å². The molecule has 1 aliphatic heterocycles. The Bertz CT molecular complexity index is 629. The predicted octanol–water partition coefficient (Wildman–Crippen LogP) is 3.65. The van der Waals surface area contributed by atoms with Crippen molar-refractivity contribution in [3.8, 4) is 0 Å². The highest BCUT2D eigenvalue weighted by atomic mass is 16.5. The van der Waals surface area contributed by atoms with Crippen LogP contribution in [0.2, 0.25) is 0 Å². The highest BCUT2D eigenvalue weighted by Crippen LogP contribution is 2.21. The Balaban J connectivity index is 1.69. The maximum absolute atomic E-state index is 12.2. The van der Waals surface area contributed by atoms with Gasteiger partial charge in [-0.3, -0.25) is 9.59 Å². The molecule has 1 amide bonds. The minimum atomic E-state index is -0.539. The lowest BCUT2D eigenvalue weighted by Crippen LogP contribution is -2.32. The molecule has 5 heteroatoms. The molecule has 0 bridgehead atoms. The smallest absolute Gasteiger partial charge is 0.305 e. The molecular weight excluding hydrogens is 354 g/mol. The summed E-state index contributed by atoms with van der Waals surface area (Å²) in [6.45, 7) is 2.99. The molecule has 1 saturated heterocycles. The number of amides is 1. The van der Waals surface area contributed by atoms with E-state index in [9.17, 15) is 14.7 Å². The lowest BCUT2D eigenvalue weighted by molar-refractivity contribution is -0.143. The molecule has 2 rings (SSSR count). The number of hydrogen-bond acceptors (Lipinski definition) is 4. The molecule has 0 aliphatic carbocycles. The van der Waals surface area contributed by atoms with E-state index >= 15 is 0 Å². The maximum atomic E-state index is 12.2. The molecule has 28 heavy (non-hydrogen) atoms. The van der Waals surface area contributed by atoms with Gasteiger partial charge in [-0.15, -0.1) is 0 Å². The Labute approximate surface area is 168 Å². The number of benzene rings is 1. The molecule has 0 spiro atoms. The second-order valence-corrected chi connectivity index (χ2v) is 7.30. The second-order valence-electron chi connectivity index (χ2n) is 7.30. The van der Waals surface area contributed by atoms with E-state index in [1.54, 1.807) is 0 Å². The van der Waals surface area contributed by atoms with E-state index < -0.39 is 6.10 Å². The Morgan fingerprint density at radius 1 is 1.25 bits per heavy atom. The predicted molar refractivity (Wildman–Crippen MR) is 110 cm³/mol. The van der Waals surface area contributed by atoms with Gasteiger partial charge in [-0.1, -0.05) is 55.3 Å². The third kappa shape index (κ3) is 7.85. The van der Waals surface area contributed by atoms with Crippen LogP contribution in [-0.4, -0.2) is 47.2 Å². The number of hydrogen-bond donors (Lipinski definition) is 1. The highest BCUT2D eigenvalue weighted by Gasteiger charge is 2.28. The topological polar surface area (TPSA) is 66.8 Å². The number of rotatable bonds is 12. The standard InChI is InChI=1S/C23H33NO4/c1-2-28-23(27)12-8-3-4-9-17-24-20(14-16-22(24)26)13-15-21(25)18-19-10-6-5-7-11-19/h5-7,10-11,13,15,20-21,25H,2-4,8-9,12,14,16-18H2,1H3/b15-13+/t20-,21?/m0/s1. The number of carbonyl (C=O) groups excluding carboxylic acids is 2. The van der Waals surface area contributed by atoms with Crippen LogP contribution in [0.25, 0.3) is 0 Å². The molecule has 1 aliphatic rings. The largest absolute Gasteiger partial charge is 0.466 e. The fourth-order valence-corrected chi connectivity index (χ4v) is 3.56. The summed E-state index contributed by atoms with van der Waals surface area (Å²) >= 11 is 0. The summed E-state index contributed by atoms with van der Waals surface area (Å²) in [5.41, 5.74) is 1.10. The number of carbonyl (C=O) groups is 2. The minimum Gasteiger partial charge on any atom is -0.466 e. The van der Waals surface area contributed by atoms with Gasteiger partial charge in [0.25, 0.3) is 0 Å². The molecule has 1 aromatic rings. The molecule has 1 unspecified atom stereocenters. The number of esters is 1. The van der Waals surface area contributed by atoms with Gasteiger partial charge in [-0.05, 0) is 31.7 Å². The number of likely N-dealkylation sites (tertiary alicyclic amines) is 1. The fraction of sp³-hybridized carbons (Fsp3) is 0.565. The molecule has 2 atom stereocenters. The summed E-state index contributed by atoms with van der Waals surface area (Å²) in [7, 11) is 0. The Morgan fingerprint density at radius 3 is 2.75 bits per heavy atom. The quantitative estimate of drug-likeness (QED) is 0.338. The van der Waals surface area contributed by atoms with Crippen molar-refractivity contribution in [2.75, 3.05) is 13.2 Å². The number of ether oxygens (including phenoxy) is 1. The third-order valence-electron chi connectivity index (χ3n) is 5.05. The van der Waals surface area contributed by atoms with Crippen molar-refractivity contribution >= 4 is 11.9 Å². The second kappa shape index (κ2) is 12.3. The molecule has 0 aromatic heterocycles. The van der Waals surface area contributed by atoms with Crippen LogP contribution in [0.3, 0.4) is 0 Å². The van der Waals surface area contributed by atoms with E-state index in [0.29, 0.717) is 25.9 Å². The Morgan fingerprint density at radius 2 is 2.00 bits per heavy atom. The SMILES string of the molecule is CCOC(=O)CCCCCCN1C(=O)CC[C@@H]1/C=C/C(O)Cc1ccccc1. The average Bonchev–Trinajstić information content (AvgIpc) is 3.03. The Kier molecular flexibility index (Phi) is 9.77. The van der Waals surface area contributed by atoms with Crippen LogP contribution in [0.4, 0.5) is 0 Å². The van der Waals surface area contributed by atoms with Gasteiger partial charge in [0.2, 0.25) is 5.91 Å². The van der Waals surface area contributed by atoms with E-state index in [1.807, 2.05) is 54.3 Å². The summed E-state index contributed by atoms with van der Waals surface area (Å²) < 4.78 is 4.92. The molecule has 0 radical (unpaired) electrons. The van der Waals surface area contributed by atoms with Crippen molar-refractivity contribution in [2.45, 2.75) is 70.4 Å². The third-order valence-corrected chi connectivity index (χ3v) is 5.05. The van der Waals surface area contributed by atoms with Crippen molar-refractivity contribution in [3.63, 3.8) is 0 Å². The van der Waals surface area contributed by atoms with Gasteiger partial charge in [0.05, 0.1) is 18.8 Å². The molecule has 1 N–H and O–H groups in total. The van der Waals surface area contributed by atoms with Crippen LogP contribution >= 0.6 is 0 Å². The first-order valence-electron chi connectivity index (χ1n) is 10.5. The maximum Gasteiger partial charge on any atom is 0.305 e. The van der Waals surface area contributed by atoms with Gasteiger partial charge in [0.1, 0.15) is 0 Å². The fourth-order valence-electron chi connectivity index (χ4n) is 3.56. The average molecular weight is 388 g/mol. The van der Waals surface area contributed by atoms with Crippen molar-refractivity contribution in [3.05, 3.63) is 48.0 Å². The summed E-state index contributed by atoms with van der Waals surface area (Å²) in [6, 6.07) is 9.99. The minimum absolute atomic E-state index is 0.0810. The molecule has 0 saturated carbocycles. The lowest BCUT2D eigenvalue weighted by Gasteiger charge is -2.22. The van der Waals surface area contributed by atoms with Crippen molar-refractivity contribution < 1.29 is 19.4 Å². The molecule has 1 fully saturated rings. The number of unbranched alkanes of at least 4 members (excludes halogenated alkanes) is 3. The van der Waals surface area contributed by atoms with Crippen LogP contribution in [-0.2, 0) is 20.7 Å². The van der Waals surface area contributed by atoms with Crippen molar-refractivity contribution in [1.82, 2.24) is 4.90 Å². The van der Waals surface area contributed by atoms with Crippen LogP contribution in [0, 0.1) is 0 Å². The molecule has 5 nitrogen and oxygen atoms in total. The monoisotopic (exact) mass is 387 g/mol. The van der Waals surface area contributed by atoms with Crippen LogP contribution < -0.4 is 0 Å². The van der Waals surface area contributed by atoms with Gasteiger partial charge in [0, 0.05) is 25.8 Å². The van der Waals surface area contributed by atoms with Gasteiger partial charge in [-0.25, -0.2) is 0 Å². The lowest BCUT2D eigenvalue weighted by atomic mass is 10.1. The van der Waals surface area contributed by atoms with E-state index in [1.165, 1.54) is 0 Å². The normalized spacial score (nSPS) is 18.0. The van der Waals surface area contributed by atoms with Crippen molar-refractivity contribution in [1.29, 1.82) is 0 Å². The summed E-state index contributed by atoms with van der Waals surface area (Å²) in [6.07, 6.45) is 9.45. The van der Waals surface area contributed by atoms with Crippen LogP contribution in [0.5, 0.6) is 0 Å². The summed E-state index contributed by atoms with van der Waals surface area (Å²) in [5.74, 6) is 0.0650. The van der Waals surface area contributed by atoms with Gasteiger partial charge < -0.3 is 14.7 Å². The molecule has 1 heterocycles. The number of nitrogens with zero attached hydrogens (tertiary/aromatic N) is 1. The molecule has 154 valence electrons. The first-order valence-corrected chi connectivity index (χ1v) is 10.5. The molecular formula is C23H33NO4. The zero-order valence-corrected chi connectivity index (χ0v) is 16.9. The zero-order valence-electron chi connectivity index (χ0n) is 16.9. The summed E-state index contributed by atoms with van der Waals surface area (Å²) in [4.78, 5) is 25.4. The Hall–Kier alpha value is -2.14. The van der Waals surface area contributed by atoms with E-state index in [0.717, 1.165) is 44.2 Å². The van der Waals surface area contributed by atoms with Gasteiger partial charge in [0.15, 0.2) is 0 Å². The van der Waals surface area contributed by atoms with E-state index in [4.69, 9.17) is 4.74 Å². The van der Waals surface area contributed by atoms with E-state index in [2.05, 4.69) is 0 Å². The summed E-state index contributed by atoms with van der Waals surface area (Å²) in [5, 5.41) is 10.2. The zero-order chi connectivity index (χ0) is 20.2. The molecule has 1 aromatic carbocycles. The van der Waals surface area contributed by atoms with Gasteiger partial charge >= 0.3 is 5.97 Å². The number of aliphatic hydroxyl groups excluding tert-OH is 1. The highest BCUT2D eigenvalue weighted by molar-refractivity contribution is 5.79. The van der Waals surface area contributed by atoms with Crippen LogP contribution in [0.15, 0.2) is 42.5 Å². The first kappa shape index (κ1) is 22.2. The van der Waals surface area contributed by atoms with E-state index in [-0.39, 0.29) is 17.9 Å².